The minimum Gasteiger partial charge on any atom is -0.348 e. The van der Waals surface area contributed by atoms with E-state index in [0.717, 1.165) is 12.0 Å². The van der Waals surface area contributed by atoms with Crippen molar-refractivity contribution in [2.75, 3.05) is 0 Å². The molecule has 0 radical (unpaired) electrons. The molecule has 0 saturated heterocycles. The highest BCUT2D eigenvalue weighted by Crippen LogP contribution is 2.14. The van der Waals surface area contributed by atoms with Gasteiger partial charge >= 0.3 is 0 Å². The van der Waals surface area contributed by atoms with Crippen LogP contribution in [-0.2, 0) is 11.2 Å². The van der Waals surface area contributed by atoms with Crippen molar-refractivity contribution >= 4 is 5.91 Å². The maximum atomic E-state index is 11.9. The van der Waals surface area contributed by atoms with Gasteiger partial charge in [-0.05, 0) is 30.4 Å². The standard InChI is InChI=1S/C15H24N2O/c1-5-12-6-8-13(9-7-12)11(4)17-15(18)14(16)10(2)3/h6-11,14H,5,16H2,1-4H3,(H,17,18)/t11?,14-/m1/s1. The fourth-order valence-electron chi connectivity index (χ4n) is 1.74. The Morgan fingerprint density at radius 3 is 2.22 bits per heavy atom. The molecule has 0 saturated carbocycles. The molecule has 1 rings (SSSR count). The fraction of sp³-hybridized carbons (Fsp3) is 0.533. The number of carbonyl (C=O) groups is 1. The number of hydrogen-bond acceptors (Lipinski definition) is 2. The van der Waals surface area contributed by atoms with Gasteiger partial charge in [0.1, 0.15) is 0 Å². The number of carbonyl (C=O) groups excluding carboxylic acids is 1. The Kier molecular flexibility index (Phi) is 5.35. The third kappa shape index (κ3) is 3.84. The zero-order chi connectivity index (χ0) is 13.7. The Labute approximate surface area is 110 Å². The molecule has 0 bridgehead atoms. The van der Waals surface area contributed by atoms with Gasteiger partial charge < -0.3 is 11.1 Å². The normalized spacial score (nSPS) is 14.3. The summed E-state index contributed by atoms with van der Waals surface area (Å²) in [7, 11) is 0. The predicted molar refractivity (Wildman–Crippen MR) is 75.2 cm³/mol. The van der Waals surface area contributed by atoms with Crippen molar-refractivity contribution in [3.63, 3.8) is 0 Å². The van der Waals surface area contributed by atoms with Crippen molar-refractivity contribution in [3.05, 3.63) is 35.4 Å². The van der Waals surface area contributed by atoms with E-state index in [9.17, 15) is 4.79 Å². The molecule has 0 aromatic heterocycles. The van der Waals surface area contributed by atoms with Crippen molar-refractivity contribution in [2.24, 2.45) is 11.7 Å². The number of amides is 1. The fourth-order valence-corrected chi connectivity index (χ4v) is 1.74. The lowest BCUT2D eigenvalue weighted by molar-refractivity contribution is -0.123. The second-order valence-electron chi connectivity index (χ2n) is 5.10. The SMILES string of the molecule is CCc1ccc(C(C)NC(=O)[C@H](N)C(C)C)cc1. The Morgan fingerprint density at radius 1 is 1.22 bits per heavy atom. The molecule has 0 heterocycles. The van der Waals surface area contributed by atoms with Crippen LogP contribution >= 0.6 is 0 Å². The van der Waals surface area contributed by atoms with Crippen LogP contribution < -0.4 is 11.1 Å². The maximum absolute atomic E-state index is 11.9. The first kappa shape index (κ1) is 14.7. The molecule has 18 heavy (non-hydrogen) atoms. The molecule has 1 aromatic rings. The molecule has 3 heteroatoms. The number of aryl methyl sites for hydroxylation is 1. The summed E-state index contributed by atoms with van der Waals surface area (Å²) in [5.41, 5.74) is 8.23. The van der Waals surface area contributed by atoms with Gasteiger partial charge in [-0.1, -0.05) is 45.0 Å². The summed E-state index contributed by atoms with van der Waals surface area (Å²) >= 11 is 0. The third-order valence-corrected chi connectivity index (χ3v) is 3.27. The molecular weight excluding hydrogens is 224 g/mol. The summed E-state index contributed by atoms with van der Waals surface area (Å²) in [6.45, 7) is 8.00. The Balaban J connectivity index is 2.64. The number of rotatable bonds is 5. The molecule has 1 unspecified atom stereocenters. The van der Waals surface area contributed by atoms with Gasteiger partial charge in [0.15, 0.2) is 0 Å². The van der Waals surface area contributed by atoms with Crippen LogP contribution in [0.25, 0.3) is 0 Å². The molecule has 0 spiro atoms. The maximum Gasteiger partial charge on any atom is 0.237 e. The molecule has 3 N–H and O–H groups in total. The summed E-state index contributed by atoms with van der Waals surface area (Å²) in [5, 5.41) is 2.95. The number of hydrogen-bond donors (Lipinski definition) is 2. The molecule has 2 atom stereocenters. The first-order chi connectivity index (χ1) is 8.45. The number of benzene rings is 1. The summed E-state index contributed by atoms with van der Waals surface area (Å²) in [6, 6.07) is 7.87. The van der Waals surface area contributed by atoms with Crippen molar-refractivity contribution in [3.8, 4) is 0 Å². The van der Waals surface area contributed by atoms with Gasteiger partial charge in [-0.25, -0.2) is 0 Å². The summed E-state index contributed by atoms with van der Waals surface area (Å²) < 4.78 is 0. The summed E-state index contributed by atoms with van der Waals surface area (Å²) in [5.74, 6) is 0.0664. The van der Waals surface area contributed by atoms with Gasteiger partial charge in [0.05, 0.1) is 12.1 Å². The molecular formula is C15H24N2O. The average Bonchev–Trinajstić information content (AvgIpc) is 2.37. The lowest BCUT2D eigenvalue weighted by Gasteiger charge is -2.20. The van der Waals surface area contributed by atoms with Crippen LogP contribution in [0, 0.1) is 5.92 Å². The van der Waals surface area contributed by atoms with Gasteiger partial charge in [0, 0.05) is 0 Å². The number of nitrogens with two attached hydrogens (primary N) is 1. The van der Waals surface area contributed by atoms with Gasteiger partial charge in [-0.3, -0.25) is 4.79 Å². The van der Waals surface area contributed by atoms with Crippen LogP contribution in [-0.4, -0.2) is 11.9 Å². The van der Waals surface area contributed by atoms with Gasteiger partial charge in [0.25, 0.3) is 0 Å². The second kappa shape index (κ2) is 6.55. The summed E-state index contributed by atoms with van der Waals surface area (Å²) in [4.78, 5) is 11.9. The van der Waals surface area contributed by atoms with Crippen LogP contribution in [0.5, 0.6) is 0 Å². The van der Waals surface area contributed by atoms with Crippen molar-refractivity contribution in [1.29, 1.82) is 0 Å². The van der Waals surface area contributed by atoms with E-state index in [1.165, 1.54) is 5.56 Å². The van der Waals surface area contributed by atoms with E-state index in [1.807, 2.05) is 20.8 Å². The first-order valence-corrected chi connectivity index (χ1v) is 6.60. The van der Waals surface area contributed by atoms with E-state index in [0.29, 0.717) is 0 Å². The van der Waals surface area contributed by atoms with E-state index in [-0.39, 0.29) is 17.9 Å². The zero-order valence-corrected chi connectivity index (χ0v) is 11.7. The van der Waals surface area contributed by atoms with E-state index in [4.69, 9.17) is 5.73 Å². The van der Waals surface area contributed by atoms with Crippen LogP contribution in [0.4, 0.5) is 0 Å². The van der Waals surface area contributed by atoms with Crippen LogP contribution in [0.15, 0.2) is 24.3 Å². The molecule has 0 aliphatic heterocycles. The third-order valence-electron chi connectivity index (χ3n) is 3.27. The zero-order valence-electron chi connectivity index (χ0n) is 11.7. The van der Waals surface area contributed by atoms with E-state index in [2.05, 4.69) is 36.5 Å². The average molecular weight is 248 g/mol. The quantitative estimate of drug-likeness (QED) is 0.840. The highest BCUT2D eigenvalue weighted by atomic mass is 16.2. The van der Waals surface area contributed by atoms with Gasteiger partial charge in [0.2, 0.25) is 5.91 Å². The second-order valence-corrected chi connectivity index (χ2v) is 5.10. The molecule has 0 aliphatic carbocycles. The highest BCUT2D eigenvalue weighted by molar-refractivity contribution is 5.82. The Bertz CT molecular complexity index is 384. The minimum absolute atomic E-state index is 0.00629. The smallest absolute Gasteiger partial charge is 0.237 e. The largest absolute Gasteiger partial charge is 0.348 e. The van der Waals surface area contributed by atoms with Gasteiger partial charge in [-0.15, -0.1) is 0 Å². The first-order valence-electron chi connectivity index (χ1n) is 6.60. The number of nitrogens with one attached hydrogen (secondary N) is 1. The molecule has 3 nitrogen and oxygen atoms in total. The molecule has 0 aliphatic rings. The van der Waals surface area contributed by atoms with Crippen LogP contribution in [0.1, 0.15) is 44.9 Å². The highest BCUT2D eigenvalue weighted by Gasteiger charge is 2.19. The summed E-state index contributed by atoms with van der Waals surface area (Å²) in [6.07, 6.45) is 1.03. The van der Waals surface area contributed by atoms with Crippen molar-refractivity contribution < 1.29 is 4.79 Å². The molecule has 0 fully saturated rings. The Hall–Kier alpha value is -1.35. The molecule has 1 amide bonds. The lowest BCUT2D eigenvalue weighted by Crippen LogP contribution is -2.44. The van der Waals surface area contributed by atoms with Crippen molar-refractivity contribution in [1.82, 2.24) is 5.32 Å². The van der Waals surface area contributed by atoms with Crippen LogP contribution in [0.2, 0.25) is 0 Å². The topological polar surface area (TPSA) is 55.1 Å². The Morgan fingerprint density at radius 2 is 1.78 bits per heavy atom. The molecule has 100 valence electrons. The van der Waals surface area contributed by atoms with Crippen molar-refractivity contribution in [2.45, 2.75) is 46.2 Å². The monoisotopic (exact) mass is 248 g/mol. The van der Waals surface area contributed by atoms with Gasteiger partial charge in [-0.2, -0.15) is 0 Å². The van der Waals surface area contributed by atoms with Crippen LogP contribution in [0.3, 0.4) is 0 Å². The van der Waals surface area contributed by atoms with E-state index >= 15 is 0 Å². The lowest BCUT2D eigenvalue weighted by atomic mass is 10.0. The minimum atomic E-state index is -0.442. The van der Waals surface area contributed by atoms with E-state index in [1.54, 1.807) is 0 Å². The predicted octanol–water partition coefficient (Wildman–Crippen LogP) is 2.41. The molecule has 1 aromatic carbocycles. The van der Waals surface area contributed by atoms with E-state index < -0.39 is 6.04 Å².